The molecule has 4 aromatic rings. The Kier molecular flexibility index (Phi) is 7.10. The van der Waals surface area contributed by atoms with Gasteiger partial charge in [-0.25, -0.2) is 4.68 Å². The number of para-hydroxylation sites is 1. The molecular weight excluding hydrogens is 498 g/mol. The number of carbonyl (C=O) groups is 2. The fraction of sp³-hybridized carbons (Fsp3) is 0.310. The smallest absolute Gasteiger partial charge is 0.249 e. The van der Waals surface area contributed by atoms with E-state index in [-0.39, 0.29) is 25.2 Å². The third-order valence-corrected chi connectivity index (χ3v) is 6.12. The second-order valence-electron chi connectivity index (χ2n) is 10.2. The fourth-order valence-electron chi connectivity index (χ4n) is 4.48. The Bertz CT molecular complexity index is 1490. The van der Waals surface area contributed by atoms with Gasteiger partial charge in [-0.05, 0) is 69.7 Å². The van der Waals surface area contributed by atoms with Crippen LogP contribution < -0.4 is 24.4 Å². The van der Waals surface area contributed by atoms with Crippen molar-refractivity contribution in [2.24, 2.45) is 0 Å². The lowest BCUT2D eigenvalue weighted by atomic mass is 10.0. The summed E-state index contributed by atoms with van der Waals surface area (Å²) in [5.74, 6) is 1.06. The predicted octanol–water partition coefficient (Wildman–Crippen LogP) is 4.25. The molecule has 3 aromatic carbocycles. The van der Waals surface area contributed by atoms with Crippen LogP contribution in [0.3, 0.4) is 0 Å². The minimum Gasteiger partial charge on any atom is -0.494 e. The van der Waals surface area contributed by atoms with E-state index in [9.17, 15) is 9.59 Å². The molecule has 0 saturated carbocycles. The van der Waals surface area contributed by atoms with Gasteiger partial charge in [0, 0.05) is 17.3 Å². The lowest BCUT2D eigenvalue weighted by molar-refractivity contribution is -0.128. The zero-order valence-corrected chi connectivity index (χ0v) is 22.4. The van der Waals surface area contributed by atoms with Gasteiger partial charge >= 0.3 is 0 Å². The molecule has 1 aliphatic heterocycles. The van der Waals surface area contributed by atoms with Gasteiger partial charge in [-0.3, -0.25) is 14.5 Å². The van der Waals surface area contributed by atoms with Crippen molar-refractivity contribution in [2.75, 3.05) is 18.3 Å². The molecule has 10 nitrogen and oxygen atoms in total. The molecular formula is C29H31N5O5. The van der Waals surface area contributed by atoms with E-state index in [0.717, 1.165) is 0 Å². The maximum absolute atomic E-state index is 14.2. The number of ether oxygens (including phenoxy) is 3. The molecule has 0 fully saturated rings. The van der Waals surface area contributed by atoms with Gasteiger partial charge in [0.1, 0.15) is 23.9 Å². The van der Waals surface area contributed by atoms with E-state index in [1.807, 2.05) is 52.0 Å². The highest BCUT2D eigenvalue weighted by Gasteiger charge is 2.35. The summed E-state index contributed by atoms with van der Waals surface area (Å²) < 4.78 is 18.2. The molecule has 5 rings (SSSR count). The first-order chi connectivity index (χ1) is 18.7. The van der Waals surface area contributed by atoms with Gasteiger partial charge in [-0.2, -0.15) is 0 Å². The van der Waals surface area contributed by atoms with E-state index in [0.29, 0.717) is 46.1 Å². The van der Waals surface area contributed by atoms with Crippen molar-refractivity contribution in [3.8, 4) is 17.2 Å². The summed E-state index contributed by atoms with van der Waals surface area (Å²) in [7, 11) is 0. The topological polar surface area (TPSA) is 108 Å². The third kappa shape index (κ3) is 5.64. The number of aromatic nitrogens is 3. The predicted molar refractivity (Wildman–Crippen MR) is 146 cm³/mol. The molecule has 39 heavy (non-hydrogen) atoms. The molecule has 0 aliphatic carbocycles. The normalized spacial score (nSPS) is 13.2. The molecule has 10 heteroatoms. The summed E-state index contributed by atoms with van der Waals surface area (Å²) in [5, 5.41) is 11.4. The quantitative estimate of drug-likeness (QED) is 0.364. The third-order valence-electron chi connectivity index (χ3n) is 6.12. The number of benzene rings is 3. The average Bonchev–Trinajstić information content (AvgIpc) is 3.53. The second-order valence-corrected chi connectivity index (χ2v) is 10.2. The van der Waals surface area contributed by atoms with Gasteiger partial charge in [0.2, 0.25) is 18.6 Å². The lowest BCUT2D eigenvalue weighted by Gasteiger charge is -2.34. The second kappa shape index (κ2) is 10.6. The van der Waals surface area contributed by atoms with Gasteiger partial charge < -0.3 is 19.5 Å². The molecule has 1 aromatic heterocycles. The van der Waals surface area contributed by atoms with Crippen molar-refractivity contribution in [2.45, 2.75) is 45.8 Å². The van der Waals surface area contributed by atoms with Gasteiger partial charge in [-0.15, -0.1) is 5.10 Å². The first kappa shape index (κ1) is 26.0. The summed E-state index contributed by atoms with van der Waals surface area (Å²) in [4.78, 5) is 29.6. The first-order valence-corrected chi connectivity index (χ1v) is 12.8. The highest BCUT2D eigenvalue weighted by molar-refractivity contribution is 6.02. The minimum absolute atomic E-state index is 0.0878. The molecule has 0 spiro atoms. The number of fused-ring (bicyclic) bond motifs is 2. The zero-order chi connectivity index (χ0) is 27.6. The Morgan fingerprint density at radius 2 is 1.79 bits per heavy atom. The van der Waals surface area contributed by atoms with E-state index in [2.05, 4.69) is 15.6 Å². The summed E-state index contributed by atoms with van der Waals surface area (Å²) in [6.07, 6.45) is 0. The number of carbonyl (C=O) groups excluding carboxylic acids is 2. The van der Waals surface area contributed by atoms with Crippen molar-refractivity contribution >= 4 is 28.5 Å². The van der Waals surface area contributed by atoms with E-state index in [1.165, 1.54) is 9.58 Å². The average molecular weight is 530 g/mol. The Morgan fingerprint density at radius 3 is 2.54 bits per heavy atom. The molecule has 202 valence electrons. The van der Waals surface area contributed by atoms with Crippen LogP contribution in [0, 0.1) is 0 Å². The molecule has 1 atom stereocenters. The van der Waals surface area contributed by atoms with E-state index in [1.54, 1.807) is 42.5 Å². The number of nitrogens with one attached hydrogen (secondary N) is 1. The first-order valence-electron chi connectivity index (χ1n) is 12.8. The van der Waals surface area contributed by atoms with E-state index < -0.39 is 11.6 Å². The fourth-order valence-corrected chi connectivity index (χ4v) is 4.48. The molecule has 0 unspecified atom stereocenters. The molecule has 2 heterocycles. The van der Waals surface area contributed by atoms with Crippen LogP contribution in [-0.4, -0.2) is 45.7 Å². The summed E-state index contributed by atoms with van der Waals surface area (Å²) in [5.41, 5.74) is 1.96. The SMILES string of the molecule is CCOc1ccc([C@H](C(=O)NC(C)(C)C)N(C(=O)Cn2nnc3ccccc32)c2ccc3c(c2)OCO3)cc1. The number of hydrogen-bond acceptors (Lipinski definition) is 7. The largest absolute Gasteiger partial charge is 0.494 e. The van der Waals surface area contributed by atoms with Crippen LogP contribution >= 0.6 is 0 Å². The summed E-state index contributed by atoms with van der Waals surface area (Å²) >= 11 is 0. The maximum atomic E-state index is 14.2. The van der Waals surface area contributed by atoms with Crippen LogP contribution in [-0.2, 0) is 16.1 Å². The molecule has 0 saturated heterocycles. The zero-order valence-electron chi connectivity index (χ0n) is 22.4. The number of amides is 2. The number of nitrogens with zero attached hydrogens (tertiary/aromatic N) is 4. The van der Waals surface area contributed by atoms with Crippen molar-refractivity contribution in [3.63, 3.8) is 0 Å². The highest BCUT2D eigenvalue weighted by Crippen LogP contribution is 2.38. The standard InChI is InChI=1S/C29H31N5O5/c1-5-37-21-13-10-19(11-14-21)27(28(36)30-29(2,3)4)34(20-12-15-24-25(16-20)39-18-38-24)26(35)17-33-23-9-7-6-8-22(23)31-32-33/h6-16,27H,5,17-18H2,1-4H3,(H,30,36)/t27-/m1/s1. The van der Waals surface area contributed by atoms with Crippen molar-refractivity contribution in [1.82, 2.24) is 20.3 Å². The minimum atomic E-state index is -0.998. The summed E-state index contributed by atoms with van der Waals surface area (Å²) in [6.45, 7) is 8.06. The molecule has 1 aliphatic rings. The van der Waals surface area contributed by atoms with E-state index >= 15 is 0 Å². The molecule has 0 bridgehead atoms. The molecule has 2 amide bonds. The number of anilines is 1. The van der Waals surface area contributed by atoms with Crippen molar-refractivity contribution < 1.29 is 23.8 Å². The Labute approximate surface area is 226 Å². The Hall–Kier alpha value is -4.60. The van der Waals surface area contributed by atoms with Crippen molar-refractivity contribution in [1.29, 1.82) is 0 Å². The van der Waals surface area contributed by atoms with Gasteiger partial charge in [0.15, 0.2) is 11.5 Å². The highest BCUT2D eigenvalue weighted by atomic mass is 16.7. The van der Waals surface area contributed by atoms with Crippen molar-refractivity contribution in [3.05, 3.63) is 72.3 Å². The number of rotatable bonds is 8. The van der Waals surface area contributed by atoms with Gasteiger partial charge in [0.25, 0.3) is 0 Å². The van der Waals surface area contributed by atoms with Crippen LogP contribution in [0.25, 0.3) is 11.0 Å². The lowest BCUT2D eigenvalue weighted by Crippen LogP contribution is -2.50. The van der Waals surface area contributed by atoms with Gasteiger partial charge in [0.05, 0.1) is 12.1 Å². The summed E-state index contributed by atoms with van der Waals surface area (Å²) in [6, 6.07) is 18.8. The van der Waals surface area contributed by atoms with Crippen LogP contribution in [0.5, 0.6) is 17.2 Å². The Balaban J connectivity index is 1.61. The molecule has 1 N–H and O–H groups in total. The monoisotopic (exact) mass is 529 g/mol. The van der Waals surface area contributed by atoms with Crippen LogP contribution in [0.4, 0.5) is 5.69 Å². The van der Waals surface area contributed by atoms with Gasteiger partial charge in [-0.1, -0.05) is 29.5 Å². The number of hydrogen-bond donors (Lipinski definition) is 1. The Morgan fingerprint density at radius 1 is 1.05 bits per heavy atom. The van der Waals surface area contributed by atoms with E-state index in [4.69, 9.17) is 14.2 Å². The van der Waals surface area contributed by atoms with Crippen LogP contribution in [0.15, 0.2) is 66.7 Å². The molecule has 0 radical (unpaired) electrons. The maximum Gasteiger partial charge on any atom is 0.249 e. The van der Waals surface area contributed by atoms with Crippen LogP contribution in [0.1, 0.15) is 39.3 Å². The van der Waals surface area contributed by atoms with Crippen LogP contribution in [0.2, 0.25) is 0 Å².